The van der Waals surface area contributed by atoms with Crippen molar-refractivity contribution < 1.29 is 118 Å². The first-order valence-electron chi connectivity index (χ1n) is 20.8. The maximum Gasteiger partial charge on any atom is 0.217 e. The summed E-state index contributed by atoms with van der Waals surface area (Å²) >= 11 is 0. The van der Waals surface area contributed by atoms with Crippen molar-refractivity contribution in [1.29, 1.82) is 0 Å². The van der Waals surface area contributed by atoms with E-state index < -0.39 is 185 Å². The molecule has 25 atom stereocenters. The highest BCUT2D eigenvalue weighted by molar-refractivity contribution is 5.73. The number of rotatable bonds is 16. The van der Waals surface area contributed by atoms with Crippen LogP contribution in [0.3, 0.4) is 0 Å². The van der Waals surface area contributed by atoms with Gasteiger partial charge in [-0.2, -0.15) is 0 Å². The number of nitrogens with one attached hydrogen (secondary N) is 2. The largest absolute Gasteiger partial charge is 0.394 e. The molecule has 5 aliphatic rings. The summed E-state index contributed by atoms with van der Waals surface area (Å²) in [6.07, 6.45) is -35.9. The molecule has 0 aliphatic carbocycles. The van der Waals surface area contributed by atoms with Crippen LogP contribution in [0.15, 0.2) is 0 Å². The van der Waals surface area contributed by atoms with E-state index in [1.165, 1.54) is 13.8 Å². The fourth-order valence-corrected chi connectivity index (χ4v) is 7.97. The molecule has 5 heterocycles. The average molecular weight is 921 g/mol. The number of hydrogen-bond donors (Lipinski definition) is 14. The monoisotopic (exact) mass is 920 g/mol. The number of carbonyl (C=O) groups excluding carboxylic acids is 2. The summed E-state index contributed by atoms with van der Waals surface area (Å²) in [7, 11) is 0. The molecule has 63 heavy (non-hydrogen) atoms. The number of ether oxygens (including phenoxy) is 10. The summed E-state index contributed by atoms with van der Waals surface area (Å²) in [4.78, 5) is 24.7. The smallest absolute Gasteiger partial charge is 0.217 e. The van der Waals surface area contributed by atoms with Gasteiger partial charge in [0.2, 0.25) is 11.8 Å². The Morgan fingerprint density at radius 2 is 0.905 bits per heavy atom. The van der Waals surface area contributed by atoms with E-state index in [4.69, 9.17) is 47.4 Å². The summed E-state index contributed by atoms with van der Waals surface area (Å²) < 4.78 is 58.1. The van der Waals surface area contributed by atoms with Crippen molar-refractivity contribution in [2.24, 2.45) is 0 Å². The minimum Gasteiger partial charge on any atom is -0.394 e. The van der Waals surface area contributed by atoms with Crippen molar-refractivity contribution in [3.05, 3.63) is 0 Å². The van der Waals surface area contributed by atoms with Gasteiger partial charge in [-0.1, -0.05) is 6.92 Å². The van der Waals surface area contributed by atoms with Gasteiger partial charge >= 0.3 is 0 Å². The second kappa shape index (κ2) is 22.7. The van der Waals surface area contributed by atoms with Crippen molar-refractivity contribution in [3.8, 4) is 0 Å². The number of carbonyl (C=O) groups is 2. The first kappa shape index (κ1) is 52.0. The van der Waals surface area contributed by atoms with E-state index in [1.807, 2.05) is 0 Å². The standard InChI is InChI=1S/C37H64N2O24/c1-6-7-54-37-32(63-34-19(39-14(5)43)24(48)31(16(9-41)59-34)62-36-29(53)26(50)21(45)12(3)57-36)27(51)22(46)17(60-37)10-55-33-18(38-13(4)42)23(47)30(15(8-40)58-33)61-35-28(52)25(49)20(44)11(2)56-35/h11-12,15-37,40-41,44-53H,6-10H2,1-5H3,(H,38,42)(H,39,43)/t11-,12-,15-,16-,17-,18-,19-,20+,21+,22-,23-,24-,25+,26+,27+,28-,29-,30-,31-,32+,33-,34+,35+,36+,37+/m1/s1. The van der Waals surface area contributed by atoms with Crippen molar-refractivity contribution >= 4 is 11.8 Å². The molecule has 0 bridgehead atoms. The average Bonchev–Trinajstić information content (AvgIpc) is 3.24. The molecule has 26 heteroatoms. The van der Waals surface area contributed by atoms with Gasteiger partial charge in [-0.05, 0) is 20.3 Å². The topological polar surface area (TPSA) is 393 Å². The van der Waals surface area contributed by atoms with Gasteiger partial charge in [0.1, 0.15) is 110 Å². The van der Waals surface area contributed by atoms with Crippen LogP contribution in [0.2, 0.25) is 0 Å². The van der Waals surface area contributed by atoms with Crippen LogP contribution < -0.4 is 10.6 Å². The van der Waals surface area contributed by atoms with E-state index in [1.54, 1.807) is 6.92 Å². The number of aliphatic hydroxyl groups excluding tert-OH is 12. The van der Waals surface area contributed by atoms with Crippen LogP contribution in [0, 0.1) is 0 Å². The van der Waals surface area contributed by atoms with Gasteiger partial charge in [0.25, 0.3) is 0 Å². The Labute approximate surface area is 361 Å². The van der Waals surface area contributed by atoms with E-state index in [9.17, 15) is 70.9 Å². The molecule has 366 valence electrons. The van der Waals surface area contributed by atoms with Gasteiger partial charge in [-0.25, -0.2) is 0 Å². The third-order valence-electron chi connectivity index (χ3n) is 11.5. The number of aliphatic hydroxyl groups is 12. The maximum atomic E-state index is 12.4. The number of amides is 2. The summed E-state index contributed by atoms with van der Waals surface area (Å²) in [6, 6.07) is -2.97. The molecule has 0 saturated carbocycles. The van der Waals surface area contributed by atoms with Gasteiger partial charge in [0.15, 0.2) is 31.5 Å². The highest BCUT2D eigenvalue weighted by Crippen LogP contribution is 2.35. The van der Waals surface area contributed by atoms with Crippen LogP contribution >= 0.6 is 0 Å². The lowest BCUT2D eigenvalue weighted by Crippen LogP contribution is -2.69. The van der Waals surface area contributed by atoms with Crippen LogP contribution in [-0.4, -0.2) is 253 Å². The summed E-state index contributed by atoms with van der Waals surface area (Å²) in [5.41, 5.74) is 0. The first-order valence-corrected chi connectivity index (χ1v) is 20.8. The molecule has 26 nitrogen and oxygen atoms in total. The molecule has 5 rings (SSSR count). The lowest BCUT2D eigenvalue weighted by Gasteiger charge is -2.49. The molecule has 0 radical (unpaired) electrons. The van der Waals surface area contributed by atoms with E-state index >= 15 is 0 Å². The molecule has 0 aromatic heterocycles. The molecule has 5 saturated heterocycles. The molecule has 0 aromatic rings. The van der Waals surface area contributed by atoms with Crippen LogP contribution in [0.1, 0.15) is 41.0 Å². The lowest BCUT2D eigenvalue weighted by molar-refractivity contribution is -0.374. The minimum atomic E-state index is -1.89. The number of hydrogen-bond acceptors (Lipinski definition) is 24. The fraction of sp³-hybridized carbons (Fsp3) is 0.946. The van der Waals surface area contributed by atoms with Crippen molar-refractivity contribution in [2.45, 2.75) is 194 Å². The molecule has 14 N–H and O–H groups in total. The van der Waals surface area contributed by atoms with Crippen molar-refractivity contribution in [2.75, 3.05) is 26.4 Å². The van der Waals surface area contributed by atoms with Gasteiger partial charge in [-0.15, -0.1) is 0 Å². The van der Waals surface area contributed by atoms with Crippen LogP contribution in [0.4, 0.5) is 0 Å². The first-order chi connectivity index (χ1) is 29.7. The Bertz CT molecular complexity index is 1460. The molecular formula is C37H64N2O24. The molecular weight excluding hydrogens is 856 g/mol. The fourth-order valence-electron chi connectivity index (χ4n) is 7.97. The summed E-state index contributed by atoms with van der Waals surface area (Å²) in [6.45, 7) is 4.53. The van der Waals surface area contributed by atoms with Gasteiger partial charge in [0.05, 0.1) is 32.0 Å². The highest BCUT2D eigenvalue weighted by Gasteiger charge is 2.55. The Kier molecular flexibility index (Phi) is 18.8. The Morgan fingerprint density at radius 3 is 1.35 bits per heavy atom. The Morgan fingerprint density at radius 1 is 0.476 bits per heavy atom. The van der Waals surface area contributed by atoms with E-state index in [0.29, 0.717) is 6.42 Å². The molecule has 2 amide bonds. The minimum absolute atomic E-state index is 0.0122. The van der Waals surface area contributed by atoms with Crippen molar-refractivity contribution in [3.63, 3.8) is 0 Å². The summed E-state index contributed by atoms with van der Waals surface area (Å²) in [5.74, 6) is -1.37. The zero-order chi connectivity index (χ0) is 46.6. The van der Waals surface area contributed by atoms with E-state index in [2.05, 4.69) is 10.6 Å². The Balaban J connectivity index is 1.30. The predicted octanol–water partition coefficient (Wildman–Crippen LogP) is -8.15. The van der Waals surface area contributed by atoms with Gasteiger partial charge < -0.3 is 119 Å². The second-order valence-electron chi connectivity index (χ2n) is 16.3. The molecule has 0 aromatic carbocycles. The summed E-state index contributed by atoms with van der Waals surface area (Å²) in [5, 5.41) is 133. The molecule has 0 spiro atoms. The van der Waals surface area contributed by atoms with Gasteiger partial charge in [-0.3, -0.25) is 9.59 Å². The van der Waals surface area contributed by atoms with Crippen LogP contribution in [-0.2, 0) is 57.0 Å². The predicted molar refractivity (Wildman–Crippen MR) is 201 cm³/mol. The van der Waals surface area contributed by atoms with E-state index in [0.717, 1.165) is 13.8 Å². The second-order valence-corrected chi connectivity index (χ2v) is 16.3. The van der Waals surface area contributed by atoms with Crippen LogP contribution in [0.5, 0.6) is 0 Å². The zero-order valence-electron chi connectivity index (χ0n) is 35.2. The highest BCUT2D eigenvalue weighted by atomic mass is 16.8. The Hall–Kier alpha value is -1.94. The van der Waals surface area contributed by atoms with E-state index in [-0.39, 0.29) is 6.61 Å². The van der Waals surface area contributed by atoms with Crippen LogP contribution in [0.25, 0.3) is 0 Å². The molecule has 5 fully saturated rings. The quantitative estimate of drug-likeness (QED) is 0.0683. The normalized spacial score (nSPS) is 48.4. The zero-order valence-corrected chi connectivity index (χ0v) is 35.2. The molecule has 0 unspecified atom stereocenters. The lowest BCUT2D eigenvalue weighted by atomic mass is 9.94. The van der Waals surface area contributed by atoms with Gasteiger partial charge in [0, 0.05) is 20.5 Å². The molecule has 5 aliphatic heterocycles. The third-order valence-corrected chi connectivity index (χ3v) is 11.5. The maximum absolute atomic E-state index is 12.4. The van der Waals surface area contributed by atoms with Crippen molar-refractivity contribution in [1.82, 2.24) is 10.6 Å². The third kappa shape index (κ3) is 11.8. The SMILES string of the molecule is CCCO[C@H]1O[C@H](CO[C@@H]2O[C@H](CO)[C@@H](O[C@@H]3O[C@H](C)[C@H](O)[C@H](O)[C@H]3O)[C@H](O)[C@H]2NC(C)=O)[C@@H](O)[C@H](O)[C@@H]1O[C@@H]1O[C@H](CO)[C@@H](O[C@@H]2O[C@H](C)[C@H](O)[C@H](O)[C@H]2O)[C@H](O)[C@H]1NC(C)=O.